The van der Waals surface area contributed by atoms with Gasteiger partial charge in [-0.1, -0.05) is 12.1 Å². The maximum Gasteiger partial charge on any atom is 0.417 e. The van der Waals surface area contributed by atoms with Crippen molar-refractivity contribution in [1.29, 1.82) is 0 Å². The second-order valence-corrected chi connectivity index (χ2v) is 5.52. The van der Waals surface area contributed by atoms with Gasteiger partial charge in [-0.3, -0.25) is 0 Å². The fraction of sp³-hybridized carbons (Fsp3) is 0.250. The highest BCUT2D eigenvalue weighted by Crippen LogP contribution is 2.46. The van der Waals surface area contributed by atoms with Crippen LogP contribution in [0.15, 0.2) is 36.4 Å². The van der Waals surface area contributed by atoms with E-state index in [9.17, 15) is 52.7 Å². The summed E-state index contributed by atoms with van der Waals surface area (Å²) in [6, 6.07) is 0.379. The summed E-state index contributed by atoms with van der Waals surface area (Å²) in [7, 11) is 0. The van der Waals surface area contributed by atoms with Crippen LogP contribution in [0.5, 0.6) is 0 Å². The lowest BCUT2D eigenvalue weighted by Gasteiger charge is -2.20. The van der Waals surface area contributed by atoms with E-state index in [0.717, 1.165) is 0 Å². The molecule has 0 saturated heterocycles. The minimum absolute atomic E-state index is 0.0323. The normalized spacial score (nSPS) is 13.7. The highest BCUT2D eigenvalue weighted by molar-refractivity contribution is 5.71. The number of benzene rings is 2. The Balaban J connectivity index is 2.92. The number of rotatable bonds is 1. The van der Waals surface area contributed by atoms with Crippen molar-refractivity contribution in [3.05, 3.63) is 58.7 Å². The molecule has 2 aromatic carbocycles. The molecular formula is C16H6F12. The number of hydrogen-bond acceptors (Lipinski definition) is 0. The van der Waals surface area contributed by atoms with Gasteiger partial charge in [0.15, 0.2) is 0 Å². The van der Waals surface area contributed by atoms with E-state index in [1.165, 1.54) is 0 Å². The SMILES string of the molecule is FC(F)(F)c1cc(-c2cccc(C(F)(F)F)c2C(F)(F)F)cc(C(F)(F)F)c1. The molecule has 0 aliphatic carbocycles. The second kappa shape index (κ2) is 6.59. The zero-order valence-electron chi connectivity index (χ0n) is 13.0. The summed E-state index contributed by atoms with van der Waals surface area (Å²) in [5, 5.41) is 0. The van der Waals surface area contributed by atoms with Crippen molar-refractivity contribution in [2.75, 3.05) is 0 Å². The van der Waals surface area contributed by atoms with Crippen LogP contribution in [0.3, 0.4) is 0 Å². The van der Waals surface area contributed by atoms with Gasteiger partial charge in [-0.05, 0) is 35.4 Å². The Labute approximate surface area is 148 Å². The molecule has 0 spiro atoms. The van der Waals surface area contributed by atoms with E-state index in [4.69, 9.17) is 0 Å². The van der Waals surface area contributed by atoms with E-state index in [1.54, 1.807) is 0 Å². The van der Waals surface area contributed by atoms with Gasteiger partial charge in [-0.25, -0.2) is 0 Å². The third-order valence-electron chi connectivity index (χ3n) is 3.55. The summed E-state index contributed by atoms with van der Waals surface area (Å²) < 4.78 is 156. The van der Waals surface area contributed by atoms with E-state index in [1.807, 2.05) is 0 Å². The summed E-state index contributed by atoms with van der Waals surface area (Å²) in [5.41, 5.74) is -11.3. The van der Waals surface area contributed by atoms with Crippen molar-refractivity contribution < 1.29 is 52.7 Å². The number of hydrogen-bond donors (Lipinski definition) is 0. The van der Waals surface area contributed by atoms with Crippen molar-refractivity contribution >= 4 is 0 Å². The smallest absolute Gasteiger partial charge is 0.166 e. The quantitative estimate of drug-likeness (QED) is 0.416. The molecule has 12 heteroatoms. The Morgan fingerprint density at radius 3 is 1.32 bits per heavy atom. The topological polar surface area (TPSA) is 0 Å². The van der Waals surface area contributed by atoms with Crippen LogP contribution in [0.25, 0.3) is 11.1 Å². The second-order valence-electron chi connectivity index (χ2n) is 5.52. The maximum atomic E-state index is 13.2. The summed E-state index contributed by atoms with van der Waals surface area (Å²) in [5.74, 6) is 0. The van der Waals surface area contributed by atoms with E-state index in [2.05, 4.69) is 0 Å². The largest absolute Gasteiger partial charge is 0.417 e. The van der Waals surface area contributed by atoms with Gasteiger partial charge in [0.25, 0.3) is 0 Å². The van der Waals surface area contributed by atoms with Crippen LogP contribution in [-0.4, -0.2) is 0 Å². The average Bonchev–Trinajstić information content (AvgIpc) is 2.50. The molecule has 0 aliphatic rings. The van der Waals surface area contributed by atoms with Crippen LogP contribution in [0, 0.1) is 0 Å². The minimum atomic E-state index is -5.70. The predicted octanol–water partition coefficient (Wildman–Crippen LogP) is 7.43. The molecule has 0 aromatic heterocycles. The molecule has 0 unspecified atom stereocenters. The minimum Gasteiger partial charge on any atom is -0.166 e. The first kappa shape index (κ1) is 21.9. The van der Waals surface area contributed by atoms with Crippen molar-refractivity contribution in [3.63, 3.8) is 0 Å². The van der Waals surface area contributed by atoms with Crippen LogP contribution in [-0.2, 0) is 24.7 Å². The molecule has 0 aliphatic heterocycles. The molecule has 0 nitrogen and oxygen atoms in total. The Kier molecular flexibility index (Phi) is 5.15. The summed E-state index contributed by atoms with van der Waals surface area (Å²) in [6.07, 6.45) is -22.0. The van der Waals surface area contributed by atoms with Crippen LogP contribution in [0.4, 0.5) is 52.7 Å². The lowest BCUT2D eigenvalue weighted by Crippen LogP contribution is -2.18. The summed E-state index contributed by atoms with van der Waals surface area (Å²) >= 11 is 0. The Hall–Kier alpha value is -2.40. The molecule has 0 amide bonds. The fourth-order valence-electron chi connectivity index (χ4n) is 2.44. The van der Waals surface area contributed by atoms with Crippen LogP contribution in [0.1, 0.15) is 22.3 Å². The highest BCUT2D eigenvalue weighted by atomic mass is 19.4. The first-order chi connectivity index (χ1) is 12.4. The van der Waals surface area contributed by atoms with Crippen molar-refractivity contribution in [1.82, 2.24) is 0 Å². The maximum absolute atomic E-state index is 13.2. The number of halogens is 12. The lowest BCUT2D eigenvalue weighted by molar-refractivity contribution is -0.161. The summed E-state index contributed by atoms with van der Waals surface area (Å²) in [6.45, 7) is 0. The van der Waals surface area contributed by atoms with Crippen molar-refractivity contribution in [2.24, 2.45) is 0 Å². The van der Waals surface area contributed by atoms with Gasteiger partial charge in [0.2, 0.25) is 0 Å². The molecule has 0 atom stereocenters. The molecule has 28 heavy (non-hydrogen) atoms. The zero-order chi connectivity index (χ0) is 21.7. The van der Waals surface area contributed by atoms with E-state index in [0.29, 0.717) is 12.1 Å². The first-order valence-electron chi connectivity index (χ1n) is 6.99. The van der Waals surface area contributed by atoms with Gasteiger partial charge in [0.05, 0.1) is 22.3 Å². The fourth-order valence-corrected chi connectivity index (χ4v) is 2.44. The highest BCUT2D eigenvalue weighted by Gasteiger charge is 2.45. The molecule has 0 bridgehead atoms. The van der Waals surface area contributed by atoms with Crippen molar-refractivity contribution in [2.45, 2.75) is 24.7 Å². The van der Waals surface area contributed by atoms with Gasteiger partial charge < -0.3 is 0 Å². The molecule has 0 fully saturated rings. The molecule has 0 radical (unpaired) electrons. The van der Waals surface area contributed by atoms with Crippen molar-refractivity contribution in [3.8, 4) is 11.1 Å². The zero-order valence-corrected chi connectivity index (χ0v) is 13.0. The third-order valence-corrected chi connectivity index (χ3v) is 3.55. The van der Waals surface area contributed by atoms with Gasteiger partial charge in [0, 0.05) is 0 Å². The van der Waals surface area contributed by atoms with Gasteiger partial charge in [0.1, 0.15) is 0 Å². The predicted molar refractivity (Wildman–Crippen MR) is 71.9 cm³/mol. The molecular weight excluding hydrogens is 420 g/mol. The third kappa shape index (κ3) is 4.53. The van der Waals surface area contributed by atoms with Crippen LogP contribution < -0.4 is 0 Å². The molecule has 0 N–H and O–H groups in total. The molecule has 2 aromatic rings. The molecule has 0 heterocycles. The standard InChI is InChI=1S/C16H6F12/c17-13(18,19)8-4-7(5-9(6-8)14(20,21)22)10-2-1-3-11(15(23,24)25)12(10)16(26,27)28/h1-6H. The van der Waals surface area contributed by atoms with E-state index < -0.39 is 58.1 Å². The molecule has 2 rings (SSSR count). The molecule has 0 saturated carbocycles. The Morgan fingerprint density at radius 1 is 0.500 bits per heavy atom. The number of alkyl halides is 12. The monoisotopic (exact) mass is 426 g/mol. The van der Waals surface area contributed by atoms with E-state index >= 15 is 0 Å². The van der Waals surface area contributed by atoms with Gasteiger partial charge in [-0.15, -0.1) is 0 Å². The Morgan fingerprint density at radius 2 is 0.964 bits per heavy atom. The van der Waals surface area contributed by atoms with Gasteiger partial charge >= 0.3 is 24.7 Å². The van der Waals surface area contributed by atoms with E-state index in [-0.39, 0.29) is 24.3 Å². The molecule has 154 valence electrons. The first-order valence-corrected chi connectivity index (χ1v) is 6.99. The van der Waals surface area contributed by atoms with Gasteiger partial charge in [-0.2, -0.15) is 52.7 Å². The van der Waals surface area contributed by atoms with Crippen LogP contribution >= 0.6 is 0 Å². The summed E-state index contributed by atoms with van der Waals surface area (Å²) in [4.78, 5) is 0. The lowest BCUT2D eigenvalue weighted by atomic mass is 9.92. The van der Waals surface area contributed by atoms with Crippen LogP contribution in [0.2, 0.25) is 0 Å². The Bertz CT molecular complexity index is 833. The average molecular weight is 426 g/mol.